The number of benzene rings is 1. The summed E-state index contributed by atoms with van der Waals surface area (Å²) in [6.45, 7) is 1.81. The Morgan fingerprint density at radius 3 is 2.91 bits per heavy atom. The van der Waals surface area contributed by atoms with E-state index < -0.39 is 0 Å². The maximum absolute atomic E-state index is 12.2. The van der Waals surface area contributed by atoms with Crippen molar-refractivity contribution in [2.24, 2.45) is 7.05 Å². The zero-order valence-corrected chi connectivity index (χ0v) is 14.1. The molecule has 3 rings (SSSR count). The highest BCUT2D eigenvalue weighted by molar-refractivity contribution is 9.10. The smallest absolute Gasteiger partial charge is 0.274 e. The van der Waals surface area contributed by atoms with Crippen LogP contribution in [-0.4, -0.2) is 35.7 Å². The van der Waals surface area contributed by atoms with Gasteiger partial charge in [-0.2, -0.15) is 5.10 Å². The first-order valence-electron chi connectivity index (χ1n) is 6.87. The zero-order valence-electron chi connectivity index (χ0n) is 12.5. The quantitative estimate of drug-likeness (QED) is 0.748. The lowest BCUT2D eigenvalue weighted by Crippen LogP contribution is -2.27. The van der Waals surface area contributed by atoms with Gasteiger partial charge in [0, 0.05) is 11.5 Å². The number of carbonyl (C=O) groups is 1. The molecule has 0 spiro atoms. The van der Waals surface area contributed by atoms with Crippen LogP contribution in [0.4, 0.5) is 0 Å². The zero-order chi connectivity index (χ0) is 16.4. The molecule has 0 aliphatic rings. The molecule has 0 aliphatic carbocycles. The monoisotopic (exact) mass is 375 g/mol. The van der Waals surface area contributed by atoms with Crippen molar-refractivity contribution in [3.05, 3.63) is 52.8 Å². The lowest BCUT2D eigenvalue weighted by Gasteiger charge is -2.08. The number of amides is 1. The second-order valence-electron chi connectivity index (χ2n) is 5.00. The SMILES string of the molecule is C[C@@H](NC(=O)c1cn(-c2cccc(Br)c2)nn1)c1ncn(C)n1. The van der Waals surface area contributed by atoms with Crippen LogP contribution in [0.1, 0.15) is 29.3 Å². The summed E-state index contributed by atoms with van der Waals surface area (Å²) in [7, 11) is 1.77. The summed E-state index contributed by atoms with van der Waals surface area (Å²) in [6.07, 6.45) is 3.16. The third kappa shape index (κ3) is 3.45. The summed E-state index contributed by atoms with van der Waals surface area (Å²) in [6, 6.07) is 7.24. The molecule has 2 aromatic heterocycles. The van der Waals surface area contributed by atoms with Gasteiger partial charge in [0.2, 0.25) is 0 Å². The number of halogens is 1. The molecule has 0 saturated carbocycles. The number of nitrogens with zero attached hydrogens (tertiary/aromatic N) is 6. The van der Waals surface area contributed by atoms with E-state index >= 15 is 0 Å². The van der Waals surface area contributed by atoms with Crippen molar-refractivity contribution in [1.29, 1.82) is 0 Å². The average molecular weight is 376 g/mol. The van der Waals surface area contributed by atoms with E-state index in [4.69, 9.17) is 0 Å². The Balaban J connectivity index is 1.73. The van der Waals surface area contributed by atoms with Crippen molar-refractivity contribution < 1.29 is 4.79 Å². The first-order valence-corrected chi connectivity index (χ1v) is 7.67. The first-order chi connectivity index (χ1) is 11.0. The Morgan fingerprint density at radius 2 is 2.22 bits per heavy atom. The molecule has 8 nitrogen and oxygen atoms in total. The molecule has 0 fully saturated rings. The molecule has 23 heavy (non-hydrogen) atoms. The van der Waals surface area contributed by atoms with E-state index in [0.717, 1.165) is 10.2 Å². The van der Waals surface area contributed by atoms with Crippen LogP contribution in [0.25, 0.3) is 5.69 Å². The second kappa shape index (κ2) is 6.29. The third-order valence-corrected chi connectivity index (χ3v) is 3.64. The third-order valence-electron chi connectivity index (χ3n) is 3.15. The molecule has 2 heterocycles. The normalized spacial score (nSPS) is 12.1. The van der Waals surface area contributed by atoms with Crippen LogP contribution >= 0.6 is 15.9 Å². The molecule has 1 amide bonds. The molecule has 0 radical (unpaired) electrons. The molecular formula is C14H14BrN7O. The highest BCUT2D eigenvalue weighted by Crippen LogP contribution is 2.15. The number of nitrogens with one attached hydrogen (secondary N) is 1. The fourth-order valence-electron chi connectivity index (χ4n) is 2.00. The van der Waals surface area contributed by atoms with E-state index in [9.17, 15) is 4.79 Å². The fraction of sp³-hybridized carbons (Fsp3) is 0.214. The van der Waals surface area contributed by atoms with E-state index in [2.05, 4.69) is 41.6 Å². The molecule has 3 aromatic rings. The van der Waals surface area contributed by atoms with Gasteiger partial charge in [0.1, 0.15) is 6.33 Å². The topological polar surface area (TPSA) is 90.5 Å². The van der Waals surface area contributed by atoms with E-state index in [1.165, 1.54) is 0 Å². The minimum Gasteiger partial charge on any atom is -0.341 e. The van der Waals surface area contributed by atoms with Crippen molar-refractivity contribution in [2.45, 2.75) is 13.0 Å². The summed E-state index contributed by atoms with van der Waals surface area (Å²) in [5, 5.41) is 14.9. The van der Waals surface area contributed by atoms with E-state index in [0.29, 0.717) is 5.82 Å². The van der Waals surface area contributed by atoms with Crippen LogP contribution in [0, 0.1) is 0 Å². The van der Waals surface area contributed by atoms with E-state index in [1.54, 1.807) is 28.9 Å². The van der Waals surface area contributed by atoms with Crippen LogP contribution < -0.4 is 5.32 Å². The van der Waals surface area contributed by atoms with Crippen molar-refractivity contribution in [1.82, 2.24) is 35.1 Å². The van der Waals surface area contributed by atoms with Gasteiger partial charge in [-0.3, -0.25) is 9.48 Å². The van der Waals surface area contributed by atoms with Gasteiger partial charge in [-0.05, 0) is 25.1 Å². The maximum Gasteiger partial charge on any atom is 0.274 e. The number of rotatable bonds is 4. The van der Waals surface area contributed by atoms with E-state index in [1.807, 2.05) is 31.2 Å². The van der Waals surface area contributed by atoms with Gasteiger partial charge >= 0.3 is 0 Å². The van der Waals surface area contributed by atoms with Gasteiger partial charge in [0.15, 0.2) is 11.5 Å². The molecular weight excluding hydrogens is 362 g/mol. The largest absolute Gasteiger partial charge is 0.341 e. The summed E-state index contributed by atoms with van der Waals surface area (Å²) in [5.74, 6) is 0.214. The van der Waals surface area contributed by atoms with Gasteiger partial charge in [0.25, 0.3) is 5.91 Å². The number of aromatic nitrogens is 6. The number of aryl methyl sites for hydroxylation is 1. The predicted octanol–water partition coefficient (Wildman–Crippen LogP) is 1.65. The maximum atomic E-state index is 12.2. The number of hydrogen-bond acceptors (Lipinski definition) is 5. The van der Waals surface area contributed by atoms with Crippen LogP contribution in [0.15, 0.2) is 41.3 Å². The van der Waals surface area contributed by atoms with Crippen molar-refractivity contribution in [2.75, 3.05) is 0 Å². The Hall–Kier alpha value is -2.55. The Morgan fingerprint density at radius 1 is 1.39 bits per heavy atom. The summed E-state index contributed by atoms with van der Waals surface area (Å²) in [5.41, 5.74) is 1.04. The average Bonchev–Trinajstić information content (AvgIpc) is 3.16. The molecule has 9 heteroatoms. The predicted molar refractivity (Wildman–Crippen MR) is 85.9 cm³/mol. The van der Waals surface area contributed by atoms with Crippen LogP contribution in [-0.2, 0) is 7.05 Å². The standard InChI is InChI=1S/C14H14BrN7O/c1-9(13-16-8-21(2)19-13)17-14(23)12-7-22(20-18-12)11-5-3-4-10(15)6-11/h3-9H,1-2H3,(H,17,23)/t9-/m1/s1. The molecule has 1 aromatic carbocycles. The Labute approximate surface area is 140 Å². The minimum absolute atomic E-state index is 0.229. The van der Waals surface area contributed by atoms with Crippen molar-refractivity contribution in [3.8, 4) is 5.69 Å². The number of carbonyl (C=O) groups excluding carboxylic acids is 1. The van der Waals surface area contributed by atoms with Gasteiger partial charge in [-0.25, -0.2) is 9.67 Å². The van der Waals surface area contributed by atoms with Gasteiger partial charge in [-0.15, -0.1) is 5.10 Å². The fourth-order valence-corrected chi connectivity index (χ4v) is 2.39. The van der Waals surface area contributed by atoms with Gasteiger partial charge in [0.05, 0.1) is 17.9 Å². The van der Waals surface area contributed by atoms with Gasteiger partial charge < -0.3 is 5.32 Å². The highest BCUT2D eigenvalue weighted by Gasteiger charge is 2.17. The molecule has 0 aliphatic heterocycles. The molecule has 0 saturated heterocycles. The summed E-state index contributed by atoms with van der Waals surface area (Å²) < 4.78 is 4.05. The van der Waals surface area contributed by atoms with Crippen molar-refractivity contribution >= 4 is 21.8 Å². The summed E-state index contributed by atoms with van der Waals surface area (Å²) >= 11 is 3.40. The van der Waals surface area contributed by atoms with Crippen LogP contribution in [0.5, 0.6) is 0 Å². The molecule has 0 unspecified atom stereocenters. The highest BCUT2D eigenvalue weighted by atomic mass is 79.9. The van der Waals surface area contributed by atoms with Crippen LogP contribution in [0.2, 0.25) is 0 Å². The number of hydrogen-bond donors (Lipinski definition) is 1. The Kier molecular flexibility index (Phi) is 4.20. The lowest BCUT2D eigenvalue weighted by molar-refractivity contribution is 0.0933. The molecule has 118 valence electrons. The Bertz CT molecular complexity index is 841. The first kappa shape index (κ1) is 15.3. The van der Waals surface area contributed by atoms with Gasteiger partial charge in [-0.1, -0.05) is 27.2 Å². The second-order valence-corrected chi connectivity index (χ2v) is 5.92. The van der Waals surface area contributed by atoms with E-state index in [-0.39, 0.29) is 17.6 Å². The van der Waals surface area contributed by atoms with Crippen molar-refractivity contribution in [3.63, 3.8) is 0 Å². The lowest BCUT2D eigenvalue weighted by atomic mass is 10.3. The minimum atomic E-state index is -0.328. The summed E-state index contributed by atoms with van der Waals surface area (Å²) in [4.78, 5) is 16.4. The molecule has 1 atom stereocenters. The van der Waals surface area contributed by atoms with Crippen LogP contribution in [0.3, 0.4) is 0 Å². The molecule has 0 bridgehead atoms. The molecule has 1 N–H and O–H groups in total.